The molecule has 1 aromatic carbocycles. The van der Waals surface area contributed by atoms with Gasteiger partial charge in [0.2, 0.25) is 5.75 Å². The summed E-state index contributed by atoms with van der Waals surface area (Å²) in [6.45, 7) is 0.521. The zero-order valence-electron chi connectivity index (χ0n) is 11.4. The molecule has 5 heteroatoms. The van der Waals surface area contributed by atoms with E-state index in [1.165, 1.54) is 19.1 Å². The van der Waals surface area contributed by atoms with Crippen molar-refractivity contribution in [3.63, 3.8) is 0 Å². The first-order chi connectivity index (χ1) is 9.78. The highest BCUT2D eigenvalue weighted by Gasteiger charge is 2.14. The lowest BCUT2D eigenvalue weighted by atomic mass is 10.2. The van der Waals surface area contributed by atoms with Crippen LogP contribution in [0.25, 0.3) is 0 Å². The van der Waals surface area contributed by atoms with Crippen LogP contribution in [0.4, 0.5) is 0 Å². The first-order valence-electron chi connectivity index (χ1n) is 6.15. The molecule has 0 aliphatic carbocycles. The predicted octanol–water partition coefficient (Wildman–Crippen LogP) is 3.20. The maximum atomic E-state index is 10.9. The van der Waals surface area contributed by atoms with Gasteiger partial charge in [0, 0.05) is 16.9 Å². The number of methoxy groups -OCH3 is 2. The van der Waals surface area contributed by atoms with E-state index in [1.807, 2.05) is 11.4 Å². The van der Waals surface area contributed by atoms with Crippen molar-refractivity contribution in [3.8, 4) is 17.2 Å². The standard InChI is InChI=1S/C15H16O4S/c1-17-13-8-11(10-16)9-14(18-2)15(13)19-6-5-12-4-3-7-20-12/h3-4,7-10H,5-6H2,1-2H3. The number of hydrogen-bond donors (Lipinski definition) is 0. The van der Waals surface area contributed by atoms with E-state index < -0.39 is 0 Å². The number of rotatable bonds is 7. The molecule has 0 spiro atoms. The molecule has 0 fully saturated rings. The number of aldehydes is 1. The third-order valence-corrected chi connectivity index (χ3v) is 3.73. The third kappa shape index (κ3) is 3.30. The van der Waals surface area contributed by atoms with Gasteiger partial charge in [-0.05, 0) is 23.6 Å². The molecule has 0 atom stereocenters. The highest BCUT2D eigenvalue weighted by Crippen LogP contribution is 2.38. The zero-order valence-corrected chi connectivity index (χ0v) is 12.2. The molecule has 2 rings (SSSR count). The van der Waals surface area contributed by atoms with Crippen LogP contribution >= 0.6 is 11.3 Å². The van der Waals surface area contributed by atoms with E-state index in [2.05, 4.69) is 6.07 Å². The highest BCUT2D eigenvalue weighted by molar-refractivity contribution is 7.09. The Labute approximate surface area is 121 Å². The van der Waals surface area contributed by atoms with E-state index in [4.69, 9.17) is 14.2 Å². The number of hydrogen-bond acceptors (Lipinski definition) is 5. The lowest BCUT2D eigenvalue weighted by Gasteiger charge is -2.14. The fraction of sp³-hybridized carbons (Fsp3) is 0.267. The van der Waals surface area contributed by atoms with Crippen LogP contribution in [0.1, 0.15) is 15.2 Å². The minimum Gasteiger partial charge on any atom is -0.493 e. The molecule has 2 aromatic rings. The van der Waals surface area contributed by atoms with Crippen molar-refractivity contribution in [2.75, 3.05) is 20.8 Å². The molecule has 0 saturated heterocycles. The van der Waals surface area contributed by atoms with Crippen molar-refractivity contribution < 1.29 is 19.0 Å². The summed E-state index contributed by atoms with van der Waals surface area (Å²) >= 11 is 1.70. The molecule has 4 nitrogen and oxygen atoms in total. The Morgan fingerprint density at radius 3 is 2.40 bits per heavy atom. The Hall–Kier alpha value is -2.01. The SMILES string of the molecule is COc1cc(C=O)cc(OC)c1OCCc1cccs1. The van der Waals surface area contributed by atoms with Gasteiger partial charge in [-0.1, -0.05) is 6.07 Å². The van der Waals surface area contributed by atoms with Crippen molar-refractivity contribution in [1.29, 1.82) is 0 Å². The average molecular weight is 292 g/mol. The number of ether oxygens (including phenoxy) is 3. The van der Waals surface area contributed by atoms with Crippen LogP contribution in [-0.4, -0.2) is 27.1 Å². The topological polar surface area (TPSA) is 44.8 Å². The van der Waals surface area contributed by atoms with Gasteiger partial charge in [0.25, 0.3) is 0 Å². The van der Waals surface area contributed by atoms with Gasteiger partial charge in [0.1, 0.15) is 6.29 Å². The summed E-state index contributed by atoms with van der Waals surface area (Å²) in [6, 6.07) is 7.35. The summed E-state index contributed by atoms with van der Waals surface area (Å²) in [7, 11) is 3.07. The van der Waals surface area contributed by atoms with Crippen LogP contribution < -0.4 is 14.2 Å². The summed E-state index contributed by atoms with van der Waals surface area (Å²) in [4.78, 5) is 12.1. The fourth-order valence-electron chi connectivity index (χ4n) is 1.82. The second-order valence-electron chi connectivity index (χ2n) is 4.05. The fourth-order valence-corrected chi connectivity index (χ4v) is 2.51. The molecule has 0 aliphatic heterocycles. The molecule has 0 N–H and O–H groups in total. The van der Waals surface area contributed by atoms with E-state index >= 15 is 0 Å². The summed E-state index contributed by atoms with van der Waals surface area (Å²) in [5, 5.41) is 2.04. The van der Waals surface area contributed by atoms with Gasteiger partial charge in [-0.15, -0.1) is 11.3 Å². The molecule has 0 unspecified atom stereocenters. The largest absolute Gasteiger partial charge is 0.493 e. The van der Waals surface area contributed by atoms with E-state index in [-0.39, 0.29) is 0 Å². The highest BCUT2D eigenvalue weighted by atomic mass is 32.1. The van der Waals surface area contributed by atoms with Crippen LogP contribution in [0.15, 0.2) is 29.6 Å². The number of carbonyl (C=O) groups excluding carboxylic acids is 1. The van der Waals surface area contributed by atoms with Crippen molar-refractivity contribution in [1.82, 2.24) is 0 Å². The Morgan fingerprint density at radius 2 is 1.90 bits per heavy atom. The predicted molar refractivity (Wildman–Crippen MR) is 78.5 cm³/mol. The maximum absolute atomic E-state index is 10.9. The molecular formula is C15H16O4S. The molecule has 0 amide bonds. The summed E-state index contributed by atoms with van der Waals surface area (Å²) in [6.07, 6.45) is 1.57. The zero-order chi connectivity index (χ0) is 14.4. The van der Waals surface area contributed by atoms with Crippen LogP contribution in [0, 0.1) is 0 Å². The number of benzene rings is 1. The van der Waals surface area contributed by atoms with E-state index in [0.29, 0.717) is 29.4 Å². The normalized spacial score (nSPS) is 10.1. The molecule has 0 saturated carbocycles. The summed E-state index contributed by atoms with van der Waals surface area (Å²) in [5.41, 5.74) is 0.490. The Morgan fingerprint density at radius 1 is 1.20 bits per heavy atom. The second kappa shape index (κ2) is 6.96. The molecule has 0 aliphatic rings. The quantitative estimate of drug-likeness (QED) is 0.735. The van der Waals surface area contributed by atoms with Gasteiger partial charge in [-0.2, -0.15) is 0 Å². The first-order valence-corrected chi connectivity index (χ1v) is 7.02. The van der Waals surface area contributed by atoms with Crippen molar-refractivity contribution in [2.45, 2.75) is 6.42 Å². The maximum Gasteiger partial charge on any atom is 0.203 e. The van der Waals surface area contributed by atoms with Gasteiger partial charge >= 0.3 is 0 Å². The van der Waals surface area contributed by atoms with Crippen molar-refractivity contribution >= 4 is 17.6 Å². The second-order valence-corrected chi connectivity index (χ2v) is 5.08. The molecule has 0 bridgehead atoms. The van der Waals surface area contributed by atoms with Gasteiger partial charge in [-0.25, -0.2) is 0 Å². The Kier molecular flexibility index (Phi) is 5.01. The van der Waals surface area contributed by atoms with Gasteiger partial charge in [0.15, 0.2) is 11.5 Å². The van der Waals surface area contributed by atoms with Gasteiger partial charge < -0.3 is 14.2 Å². The third-order valence-electron chi connectivity index (χ3n) is 2.79. The Bertz CT molecular complexity index is 538. The smallest absolute Gasteiger partial charge is 0.203 e. The first kappa shape index (κ1) is 14.4. The van der Waals surface area contributed by atoms with Crippen molar-refractivity contribution in [3.05, 3.63) is 40.1 Å². The van der Waals surface area contributed by atoms with Crippen LogP contribution in [0.5, 0.6) is 17.2 Å². The lowest BCUT2D eigenvalue weighted by Crippen LogP contribution is -2.04. The van der Waals surface area contributed by atoms with E-state index in [1.54, 1.807) is 23.5 Å². The number of thiophene rings is 1. The van der Waals surface area contributed by atoms with Crippen molar-refractivity contribution in [2.24, 2.45) is 0 Å². The van der Waals surface area contributed by atoms with Gasteiger partial charge in [-0.3, -0.25) is 4.79 Å². The molecule has 1 aromatic heterocycles. The minimum atomic E-state index is 0.490. The molecular weight excluding hydrogens is 276 g/mol. The lowest BCUT2D eigenvalue weighted by molar-refractivity contribution is 0.112. The van der Waals surface area contributed by atoms with Gasteiger partial charge in [0.05, 0.1) is 20.8 Å². The minimum absolute atomic E-state index is 0.490. The molecule has 20 heavy (non-hydrogen) atoms. The number of carbonyl (C=O) groups is 1. The van der Waals surface area contributed by atoms with Crippen LogP contribution in [0.2, 0.25) is 0 Å². The molecule has 0 radical (unpaired) electrons. The summed E-state index contributed by atoms with van der Waals surface area (Å²) in [5.74, 6) is 1.52. The molecule has 1 heterocycles. The monoisotopic (exact) mass is 292 g/mol. The van der Waals surface area contributed by atoms with E-state index in [0.717, 1.165) is 12.7 Å². The summed E-state index contributed by atoms with van der Waals surface area (Å²) < 4.78 is 16.3. The Balaban J connectivity index is 2.14. The van der Waals surface area contributed by atoms with Crippen LogP contribution in [0.3, 0.4) is 0 Å². The average Bonchev–Trinajstić information content (AvgIpc) is 3.00. The molecule has 106 valence electrons. The van der Waals surface area contributed by atoms with E-state index in [9.17, 15) is 4.79 Å². The van der Waals surface area contributed by atoms with Crippen LogP contribution in [-0.2, 0) is 6.42 Å².